The van der Waals surface area contributed by atoms with E-state index in [0.717, 1.165) is 32.5 Å². The Morgan fingerprint density at radius 1 is 1.29 bits per heavy atom. The van der Waals surface area contributed by atoms with Crippen LogP contribution < -0.4 is 5.32 Å². The monoisotopic (exact) mass is 333 g/mol. The van der Waals surface area contributed by atoms with Gasteiger partial charge in [0.2, 0.25) is 0 Å². The number of nitrogens with one attached hydrogen (secondary N) is 1. The van der Waals surface area contributed by atoms with Crippen LogP contribution in [-0.2, 0) is 13.1 Å². The summed E-state index contributed by atoms with van der Waals surface area (Å²) in [5.74, 6) is 0.348. The third-order valence-corrected chi connectivity index (χ3v) is 5.01. The molecular formula is C19H31N3O2. The maximum absolute atomic E-state index is 12.4. The molecule has 1 heterocycles. The predicted molar refractivity (Wildman–Crippen MR) is 96.7 cm³/mol. The number of aliphatic hydroxyl groups excluding tert-OH is 1. The molecule has 24 heavy (non-hydrogen) atoms. The van der Waals surface area contributed by atoms with Gasteiger partial charge in [0.1, 0.15) is 0 Å². The highest BCUT2D eigenvalue weighted by Gasteiger charge is 2.22. The number of hydrogen-bond donors (Lipinski definition) is 2. The molecule has 1 aliphatic rings. The Bertz CT molecular complexity index is 525. The lowest BCUT2D eigenvalue weighted by molar-refractivity contribution is 0.137. The zero-order chi connectivity index (χ0) is 17.5. The summed E-state index contributed by atoms with van der Waals surface area (Å²) in [5.41, 5.74) is 2.43. The standard InChI is InChI=1S/C19H31N3O2/c1-15(2)21(3)13-18-7-5-4-6-17(18)12-20-19(24)22-10-8-16(14-23)9-11-22/h4-7,15-16,23H,8-14H2,1-3H3,(H,20,24). The minimum Gasteiger partial charge on any atom is -0.396 e. The van der Waals surface area contributed by atoms with Gasteiger partial charge >= 0.3 is 6.03 Å². The molecule has 0 saturated carbocycles. The zero-order valence-corrected chi connectivity index (χ0v) is 15.2. The van der Waals surface area contributed by atoms with Crippen molar-refractivity contribution in [3.63, 3.8) is 0 Å². The van der Waals surface area contributed by atoms with Crippen molar-refractivity contribution in [2.45, 2.75) is 45.8 Å². The molecule has 0 atom stereocenters. The number of hydrogen-bond acceptors (Lipinski definition) is 3. The summed E-state index contributed by atoms with van der Waals surface area (Å²) >= 11 is 0. The first kappa shape index (κ1) is 18.7. The predicted octanol–water partition coefficient (Wildman–Crippen LogP) is 2.44. The van der Waals surface area contributed by atoms with Crippen molar-refractivity contribution in [2.75, 3.05) is 26.7 Å². The number of benzene rings is 1. The smallest absolute Gasteiger partial charge is 0.317 e. The average molecular weight is 333 g/mol. The molecular weight excluding hydrogens is 302 g/mol. The van der Waals surface area contributed by atoms with Crippen LogP contribution in [0.5, 0.6) is 0 Å². The first-order chi connectivity index (χ1) is 11.5. The molecule has 0 radical (unpaired) electrons. The first-order valence-electron chi connectivity index (χ1n) is 8.92. The lowest BCUT2D eigenvalue weighted by atomic mass is 9.98. The van der Waals surface area contributed by atoms with Gasteiger partial charge in [0.15, 0.2) is 0 Å². The molecule has 1 aliphatic heterocycles. The second kappa shape index (κ2) is 9.04. The lowest BCUT2D eigenvalue weighted by Crippen LogP contribution is -2.44. The number of nitrogens with zero attached hydrogens (tertiary/aromatic N) is 2. The molecule has 0 aromatic heterocycles. The van der Waals surface area contributed by atoms with Gasteiger partial charge in [-0.05, 0) is 50.8 Å². The van der Waals surface area contributed by atoms with E-state index < -0.39 is 0 Å². The van der Waals surface area contributed by atoms with E-state index in [9.17, 15) is 9.90 Å². The van der Waals surface area contributed by atoms with Gasteiger partial charge in [-0.1, -0.05) is 24.3 Å². The van der Waals surface area contributed by atoms with E-state index in [1.165, 1.54) is 11.1 Å². The van der Waals surface area contributed by atoms with E-state index in [-0.39, 0.29) is 12.6 Å². The van der Waals surface area contributed by atoms with Crippen molar-refractivity contribution in [3.8, 4) is 0 Å². The number of piperidine rings is 1. The summed E-state index contributed by atoms with van der Waals surface area (Å²) < 4.78 is 0. The van der Waals surface area contributed by atoms with E-state index in [4.69, 9.17) is 0 Å². The van der Waals surface area contributed by atoms with Crippen molar-refractivity contribution >= 4 is 6.03 Å². The molecule has 0 bridgehead atoms. The van der Waals surface area contributed by atoms with Crippen molar-refractivity contribution in [1.29, 1.82) is 0 Å². The lowest BCUT2D eigenvalue weighted by Gasteiger charge is -2.31. The highest BCUT2D eigenvalue weighted by Crippen LogP contribution is 2.17. The summed E-state index contributed by atoms with van der Waals surface area (Å²) in [4.78, 5) is 16.5. The van der Waals surface area contributed by atoms with E-state index in [1.54, 1.807) is 0 Å². The highest BCUT2D eigenvalue weighted by molar-refractivity contribution is 5.74. The van der Waals surface area contributed by atoms with E-state index in [1.807, 2.05) is 11.0 Å². The van der Waals surface area contributed by atoms with Gasteiger partial charge in [-0.25, -0.2) is 4.79 Å². The molecule has 1 fully saturated rings. The van der Waals surface area contributed by atoms with Gasteiger partial charge in [0.05, 0.1) is 0 Å². The fourth-order valence-corrected chi connectivity index (χ4v) is 2.94. The average Bonchev–Trinajstić information content (AvgIpc) is 2.60. The number of carbonyl (C=O) groups is 1. The Hall–Kier alpha value is -1.59. The molecule has 2 N–H and O–H groups in total. The molecule has 0 aliphatic carbocycles. The summed E-state index contributed by atoms with van der Waals surface area (Å²) in [5, 5.41) is 12.2. The van der Waals surface area contributed by atoms with Gasteiger partial charge in [-0.15, -0.1) is 0 Å². The Balaban J connectivity index is 1.89. The van der Waals surface area contributed by atoms with Gasteiger partial charge in [-0.2, -0.15) is 0 Å². The number of carbonyl (C=O) groups excluding carboxylic acids is 1. The summed E-state index contributed by atoms with van der Waals surface area (Å²) in [6.45, 7) is 7.49. The van der Waals surface area contributed by atoms with Crippen molar-refractivity contribution in [2.24, 2.45) is 5.92 Å². The minimum absolute atomic E-state index is 0.00147. The highest BCUT2D eigenvalue weighted by atomic mass is 16.3. The number of amides is 2. The Labute approximate surface area is 145 Å². The Morgan fingerprint density at radius 2 is 1.92 bits per heavy atom. The number of likely N-dealkylation sites (tertiary alicyclic amines) is 1. The quantitative estimate of drug-likeness (QED) is 0.841. The van der Waals surface area contributed by atoms with E-state index in [2.05, 4.69) is 49.3 Å². The maximum atomic E-state index is 12.4. The van der Waals surface area contributed by atoms with Crippen LogP contribution in [0.1, 0.15) is 37.8 Å². The molecule has 134 valence electrons. The molecule has 2 amide bonds. The van der Waals surface area contributed by atoms with E-state index >= 15 is 0 Å². The summed E-state index contributed by atoms with van der Waals surface area (Å²) in [7, 11) is 2.12. The van der Waals surface area contributed by atoms with Crippen LogP contribution in [0.4, 0.5) is 4.79 Å². The second-order valence-electron chi connectivity index (χ2n) is 7.05. The zero-order valence-electron chi connectivity index (χ0n) is 15.2. The van der Waals surface area contributed by atoms with Crippen LogP contribution in [0.15, 0.2) is 24.3 Å². The largest absolute Gasteiger partial charge is 0.396 e. The first-order valence-corrected chi connectivity index (χ1v) is 8.92. The third kappa shape index (κ3) is 5.21. The van der Waals surface area contributed by atoms with Crippen LogP contribution in [0.3, 0.4) is 0 Å². The third-order valence-electron chi connectivity index (χ3n) is 5.01. The number of urea groups is 1. The van der Waals surface area contributed by atoms with Crippen LogP contribution in [0, 0.1) is 5.92 Å². The fraction of sp³-hybridized carbons (Fsp3) is 0.632. The second-order valence-corrected chi connectivity index (χ2v) is 7.05. The maximum Gasteiger partial charge on any atom is 0.317 e. The van der Waals surface area contributed by atoms with Gasteiger partial charge in [-0.3, -0.25) is 4.90 Å². The minimum atomic E-state index is -0.00147. The van der Waals surface area contributed by atoms with Crippen LogP contribution in [0.25, 0.3) is 0 Å². The molecule has 1 saturated heterocycles. The molecule has 5 nitrogen and oxygen atoms in total. The van der Waals surface area contributed by atoms with Crippen LogP contribution >= 0.6 is 0 Å². The van der Waals surface area contributed by atoms with Crippen molar-refractivity contribution in [3.05, 3.63) is 35.4 Å². The van der Waals surface area contributed by atoms with Gasteiger partial charge in [0, 0.05) is 38.8 Å². The Kier molecular flexibility index (Phi) is 7.06. The summed E-state index contributed by atoms with van der Waals surface area (Å²) in [6, 6.07) is 8.77. The number of rotatable bonds is 6. The molecule has 1 aromatic rings. The summed E-state index contributed by atoms with van der Waals surface area (Å²) in [6.07, 6.45) is 1.78. The van der Waals surface area contributed by atoms with Crippen molar-refractivity contribution < 1.29 is 9.90 Å². The molecule has 0 spiro atoms. The van der Waals surface area contributed by atoms with E-state index in [0.29, 0.717) is 18.5 Å². The topological polar surface area (TPSA) is 55.8 Å². The van der Waals surface area contributed by atoms with Crippen LogP contribution in [0.2, 0.25) is 0 Å². The molecule has 0 unspecified atom stereocenters. The molecule has 5 heteroatoms. The fourth-order valence-electron chi connectivity index (χ4n) is 2.94. The Morgan fingerprint density at radius 3 is 2.50 bits per heavy atom. The normalized spacial score (nSPS) is 16.0. The number of aliphatic hydroxyl groups is 1. The SMILES string of the molecule is CC(C)N(C)Cc1ccccc1CNC(=O)N1CCC(CO)CC1. The van der Waals surface area contributed by atoms with Crippen molar-refractivity contribution in [1.82, 2.24) is 15.1 Å². The van der Waals surface area contributed by atoms with Gasteiger partial charge in [0.25, 0.3) is 0 Å². The van der Waals surface area contributed by atoms with Crippen LogP contribution in [-0.4, -0.2) is 53.7 Å². The van der Waals surface area contributed by atoms with Gasteiger partial charge < -0.3 is 15.3 Å². The molecule has 2 rings (SSSR count). The molecule has 1 aromatic carbocycles.